The number of ether oxygens (including phenoxy) is 4. The number of hydrogen-bond donors (Lipinski definition) is 1. The van der Waals surface area contributed by atoms with Crippen molar-refractivity contribution in [2.75, 3.05) is 41.0 Å². The van der Waals surface area contributed by atoms with Crippen LogP contribution in [-0.2, 0) is 24.2 Å². The lowest BCUT2D eigenvalue weighted by Gasteiger charge is -2.37. The number of carbonyl (C=O) groups is 1. The summed E-state index contributed by atoms with van der Waals surface area (Å²) in [5.41, 5.74) is 4.42. The topological polar surface area (TPSA) is 82.2 Å². The van der Waals surface area contributed by atoms with E-state index in [-0.39, 0.29) is 18.5 Å². The highest BCUT2D eigenvalue weighted by atomic mass is 16.5. The highest BCUT2D eigenvalue weighted by Gasteiger charge is 2.31. The number of nitrogens with zero attached hydrogens (tertiary/aromatic N) is 2. The zero-order chi connectivity index (χ0) is 26.9. The van der Waals surface area contributed by atoms with Gasteiger partial charge in [0.25, 0.3) is 0 Å². The molecule has 0 spiro atoms. The SMILES string of the molecule is CCCOc1cc2c(cc1OC)CCN(CC(=O)NCc1cccnc1)C2Cc1ccc(OC)c(OC)c1. The van der Waals surface area contributed by atoms with E-state index in [2.05, 4.69) is 34.3 Å². The molecular formula is C30H37N3O5. The van der Waals surface area contributed by atoms with Crippen LogP contribution in [0.25, 0.3) is 0 Å². The molecule has 1 N–H and O–H groups in total. The monoisotopic (exact) mass is 519 g/mol. The van der Waals surface area contributed by atoms with Gasteiger partial charge in [-0.05, 0) is 71.8 Å². The maximum absolute atomic E-state index is 13.0. The maximum atomic E-state index is 13.0. The molecule has 0 bridgehead atoms. The highest BCUT2D eigenvalue weighted by Crippen LogP contribution is 2.40. The fourth-order valence-electron chi connectivity index (χ4n) is 4.85. The Morgan fingerprint density at radius 2 is 1.79 bits per heavy atom. The average Bonchev–Trinajstić information content (AvgIpc) is 2.96. The first-order valence-corrected chi connectivity index (χ1v) is 13.0. The molecule has 0 saturated carbocycles. The van der Waals surface area contributed by atoms with Gasteiger partial charge < -0.3 is 24.3 Å². The van der Waals surface area contributed by atoms with E-state index in [9.17, 15) is 4.79 Å². The third-order valence-electron chi connectivity index (χ3n) is 6.79. The van der Waals surface area contributed by atoms with Crippen molar-refractivity contribution in [3.8, 4) is 23.0 Å². The van der Waals surface area contributed by atoms with E-state index in [1.54, 1.807) is 33.7 Å². The van der Waals surface area contributed by atoms with Gasteiger partial charge in [0, 0.05) is 31.5 Å². The number of fused-ring (bicyclic) bond motifs is 1. The summed E-state index contributed by atoms with van der Waals surface area (Å²) in [5, 5.41) is 3.04. The number of benzene rings is 2. The first kappa shape index (κ1) is 27.3. The zero-order valence-electron chi connectivity index (χ0n) is 22.7. The van der Waals surface area contributed by atoms with Gasteiger partial charge in [0.1, 0.15) is 0 Å². The van der Waals surface area contributed by atoms with Crippen LogP contribution in [0.4, 0.5) is 0 Å². The van der Waals surface area contributed by atoms with Gasteiger partial charge in [0.2, 0.25) is 5.91 Å². The molecule has 202 valence electrons. The number of rotatable bonds is 12. The number of hydrogen-bond acceptors (Lipinski definition) is 7. The lowest BCUT2D eigenvalue weighted by molar-refractivity contribution is -0.123. The molecule has 0 saturated heterocycles. The van der Waals surface area contributed by atoms with E-state index in [1.807, 2.05) is 30.3 Å². The van der Waals surface area contributed by atoms with Gasteiger partial charge in [0.15, 0.2) is 23.0 Å². The molecule has 8 nitrogen and oxygen atoms in total. The van der Waals surface area contributed by atoms with Crippen molar-refractivity contribution in [3.63, 3.8) is 0 Å². The predicted octanol–water partition coefficient (Wildman–Crippen LogP) is 4.35. The summed E-state index contributed by atoms with van der Waals surface area (Å²) in [5.74, 6) is 2.82. The van der Waals surface area contributed by atoms with E-state index in [1.165, 1.54) is 5.56 Å². The molecule has 0 aliphatic carbocycles. The Morgan fingerprint density at radius 1 is 1.00 bits per heavy atom. The summed E-state index contributed by atoms with van der Waals surface area (Å²) in [6.07, 6.45) is 5.91. The number of amides is 1. The van der Waals surface area contributed by atoms with Gasteiger partial charge >= 0.3 is 0 Å². The van der Waals surface area contributed by atoms with E-state index >= 15 is 0 Å². The van der Waals surface area contributed by atoms with Crippen molar-refractivity contribution in [1.82, 2.24) is 15.2 Å². The van der Waals surface area contributed by atoms with Gasteiger partial charge in [-0.25, -0.2) is 0 Å². The Morgan fingerprint density at radius 3 is 2.50 bits per heavy atom. The van der Waals surface area contributed by atoms with Crippen molar-refractivity contribution in [3.05, 3.63) is 77.1 Å². The summed E-state index contributed by atoms with van der Waals surface area (Å²) in [6, 6.07) is 13.9. The normalized spacial score (nSPS) is 14.9. The lowest BCUT2D eigenvalue weighted by Crippen LogP contribution is -2.43. The molecule has 8 heteroatoms. The molecule has 1 aromatic heterocycles. The molecule has 1 aliphatic rings. The van der Waals surface area contributed by atoms with Crippen LogP contribution in [0.15, 0.2) is 54.9 Å². The molecule has 2 heterocycles. The molecule has 1 unspecified atom stereocenters. The Balaban J connectivity index is 1.62. The number of aromatic nitrogens is 1. The van der Waals surface area contributed by atoms with Crippen LogP contribution in [0.5, 0.6) is 23.0 Å². The van der Waals surface area contributed by atoms with Crippen molar-refractivity contribution >= 4 is 5.91 Å². The quantitative estimate of drug-likeness (QED) is 0.381. The van der Waals surface area contributed by atoms with Gasteiger partial charge in [-0.15, -0.1) is 0 Å². The van der Waals surface area contributed by atoms with Gasteiger partial charge in [-0.3, -0.25) is 14.7 Å². The standard InChI is InChI=1S/C30H37N3O5/c1-5-13-38-29-17-24-23(16-28(29)37-4)10-12-33(20-30(34)32-19-22-7-6-11-31-18-22)25(24)14-21-8-9-26(35-2)27(15-21)36-3/h6-9,11,15-18,25H,5,10,12-14,19-20H2,1-4H3,(H,32,34). The van der Waals surface area contributed by atoms with E-state index in [0.717, 1.165) is 47.6 Å². The summed E-state index contributed by atoms with van der Waals surface area (Å²) >= 11 is 0. The smallest absolute Gasteiger partial charge is 0.234 e. The number of methoxy groups -OCH3 is 3. The maximum Gasteiger partial charge on any atom is 0.234 e. The van der Waals surface area contributed by atoms with Crippen LogP contribution in [0, 0.1) is 0 Å². The van der Waals surface area contributed by atoms with E-state index in [4.69, 9.17) is 18.9 Å². The predicted molar refractivity (Wildman–Crippen MR) is 146 cm³/mol. The second-order valence-corrected chi connectivity index (χ2v) is 9.32. The van der Waals surface area contributed by atoms with Crippen molar-refractivity contribution < 1.29 is 23.7 Å². The Hall–Kier alpha value is -3.78. The molecule has 2 aromatic carbocycles. The minimum absolute atomic E-state index is 0.0226. The molecule has 4 rings (SSSR count). The van der Waals surface area contributed by atoms with E-state index in [0.29, 0.717) is 31.1 Å². The third kappa shape index (κ3) is 6.55. The highest BCUT2D eigenvalue weighted by molar-refractivity contribution is 5.78. The molecule has 0 radical (unpaired) electrons. The molecular weight excluding hydrogens is 482 g/mol. The van der Waals surface area contributed by atoms with Crippen molar-refractivity contribution in [1.29, 1.82) is 0 Å². The Kier molecular flexibility index (Phi) is 9.43. The fourth-order valence-corrected chi connectivity index (χ4v) is 4.85. The van der Waals surface area contributed by atoms with Gasteiger partial charge in [-0.2, -0.15) is 0 Å². The van der Waals surface area contributed by atoms with Crippen LogP contribution >= 0.6 is 0 Å². The van der Waals surface area contributed by atoms with Crippen molar-refractivity contribution in [2.45, 2.75) is 38.8 Å². The summed E-state index contributed by atoms with van der Waals surface area (Å²) in [7, 11) is 4.94. The number of carbonyl (C=O) groups excluding carboxylic acids is 1. The van der Waals surface area contributed by atoms with Gasteiger partial charge in [-0.1, -0.05) is 19.1 Å². The van der Waals surface area contributed by atoms with Crippen LogP contribution in [-0.4, -0.2) is 56.8 Å². The number of pyridine rings is 1. The zero-order valence-corrected chi connectivity index (χ0v) is 22.7. The second-order valence-electron chi connectivity index (χ2n) is 9.32. The minimum Gasteiger partial charge on any atom is -0.493 e. The summed E-state index contributed by atoms with van der Waals surface area (Å²) in [4.78, 5) is 19.4. The van der Waals surface area contributed by atoms with Crippen LogP contribution in [0.1, 0.15) is 41.6 Å². The second kappa shape index (κ2) is 13.1. The lowest BCUT2D eigenvalue weighted by atomic mass is 9.88. The van der Waals surface area contributed by atoms with Crippen molar-refractivity contribution in [2.24, 2.45) is 0 Å². The van der Waals surface area contributed by atoms with Crippen LogP contribution in [0.3, 0.4) is 0 Å². The van der Waals surface area contributed by atoms with Crippen LogP contribution < -0.4 is 24.3 Å². The minimum atomic E-state index is -0.0316. The molecule has 38 heavy (non-hydrogen) atoms. The molecule has 1 atom stereocenters. The molecule has 1 amide bonds. The first-order chi connectivity index (χ1) is 18.6. The molecule has 3 aromatic rings. The summed E-state index contributed by atoms with van der Waals surface area (Å²) < 4.78 is 22.7. The largest absolute Gasteiger partial charge is 0.493 e. The fraction of sp³-hybridized carbons (Fsp3) is 0.400. The van der Waals surface area contributed by atoms with E-state index < -0.39 is 0 Å². The first-order valence-electron chi connectivity index (χ1n) is 13.0. The Labute approximate surface area is 224 Å². The third-order valence-corrected chi connectivity index (χ3v) is 6.79. The average molecular weight is 520 g/mol. The summed E-state index contributed by atoms with van der Waals surface area (Å²) in [6.45, 7) is 4.18. The number of nitrogens with one attached hydrogen (secondary N) is 1. The van der Waals surface area contributed by atoms with Crippen LogP contribution in [0.2, 0.25) is 0 Å². The molecule has 0 fully saturated rings. The van der Waals surface area contributed by atoms with Gasteiger partial charge in [0.05, 0.1) is 34.5 Å². The molecule has 1 aliphatic heterocycles. The Bertz CT molecular complexity index is 1220.